The first-order chi connectivity index (χ1) is 9.85. The molecule has 2 rings (SSSR count). The van der Waals surface area contributed by atoms with Crippen LogP contribution >= 0.6 is 45.8 Å². The van der Waals surface area contributed by atoms with Crippen molar-refractivity contribution in [1.82, 2.24) is 0 Å². The Bertz CT molecular complexity index is 782. The minimum Gasteiger partial charge on any atom is -0.326 e. The number of sulfonamides is 1. The second kappa shape index (κ2) is 6.70. The van der Waals surface area contributed by atoms with Crippen LogP contribution in [0.2, 0.25) is 10.0 Å². The molecule has 0 atom stereocenters. The highest BCUT2D eigenvalue weighted by Crippen LogP contribution is 2.31. The SMILES string of the molecule is NCc1c(Cl)ccc(S(=O)(=O)Nc2cccc(I)c2)c1Cl. The number of nitrogens with one attached hydrogen (secondary N) is 1. The third-order valence-corrected chi connectivity index (χ3v) is 5.71. The third kappa shape index (κ3) is 3.81. The lowest BCUT2D eigenvalue weighted by molar-refractivity contribution is 0.601. The summed E-state index contributed by atoms with van der Waals surface area (Å²) in [4.78, 5) is -0.0483. The molecule has 0 aliphatic rings. The van der Waals surface area contributed by atoms with E-state index in [-0.39, 0.29) is 16.5 Å². The molecule has 0 amide bonds. The van der Waals surface area contributed by atoms with E-state index in [0.717, 1.165) is 3.57 Å². The van der Waals surface area contributed by atoms with Gasteiger partial charge in [-0.3, -0.25) is 4.72 Å². The molecule has 0 fully saturated rings. The van der Waals surface area contributed by atoms with Gasteiger partial charge in [0.15, 0.2) is 0 Å². The van der Waals surface area contributed by atoms with Crippen LogP contribution in [-0.4, -0.2) is 8.42 Å². The van der Waals surface area contributed by atoms with E-state index in [2.05, 4.69) is 27.3 Å². The van der Waals surface area contributed by atoms with Crippen LogP contribution in [0.15, 0.2) is 41.3 Å². The van der Waals surface area contributed by atoms with Crippen LogP contribution in [0.5, 0.6) is 0 Å². The largest absolute Gasteiger partial charge is 0.326 e. The van der Waals surface area contributed by atoms with Crippen LogP contribution in [0.3, 0.4) is 0 Å². The van der Waals surface area contributed by atoms with Crippen molar-refractivity contribution < 1.29 is 8.42 Å². The lowest BCUT2D eigenvalue weighted by Gasteiger charge is -2.12. The van der Waals surface area contributed by atoms with Gasteiger partial charge in [0.05, 0.1) is 5.02 Å². The van der Waals surface area contributed by atoms with Gasteiger partial charge in [-0.2, -0.15) is 0 Å². The van der Waals surface area contributed by atoms with Gasteiger partial charge in [-0.25, -0.2) is 8.42 Å². The van der Waals surface area contributed by atoms with E-state index in [4.69, 9.17) is 28.9 Å². The minimum atomic E-state index is -3.81. The number of hydrogen-bond donors (Lipinski definition) is 2. The Morgan fingerprint density at radius 1 is 1.19 bits per heavy atom. The first-order valence-corrected chi connectivity index (χ1v) is 9.12. The molecule has 0 spiro atoms. The van der Waals surface area contributed by atoms with Gasteiger partial charge in [-0.05, 0) is 52.9 Å². The maximum atomic E-state index is 12.4. The summed E-state index contributed by atoms with van der Waals surface area (Å²) in [5, 5.41) is 0.388. The van der Waals surface area contributed by atoms with Crippen molar-refractivity contribution in [2.45, 2.75) is 11.4 Å². The molecule has 2 aromatic rings. The van der Waals surface area contributed by atoms with E-state index in [1.165, 1.54) is 12.1 Å². The molecule has 0 saturated heterocycles. The Labute approximate surface area is 146 Å². The Morgan fingerprint density at radius 2 is 1.90 bits per heavy atom. The van der Waals surface area contributed by atoms with Crippen molar-refractivity contribution in [2.24, 2.45) is 5.73 Å². The minimum absolute atomic E-state index is 0.0446. The summed E-state index contributed by atoms with van der Waals surface area (Å²) in [6, 6.07) is 9.83. The standard InChI is InChI=1S/C13H11Cl2IN2O2S/c14-11-4-5-12(13(15)10(11)7-17)21(19,20)18-9-3-1-2-8(16)6-9/h1-6,18H,7,17H2. The van der Waals surface area contributed by atoms with Crippen LogP contribution in [0.4, 0.5) is 5.69 Å². The lowest BCUT2D eigenvalue weighted by atomic mass is 10.2. The van der Waals surface area contributed by atoms with Crippen LogP contribution in [0.25, 0.3) is 0 Å². The summed E-state index contributed by atoms with van der Waals surface area (Å²) in [5.74, 6) is 0. The summed E-state index contributed by atoms with van der Waals surface area (Å²) in [6.45, 7) is 0.0598. The van der Waals surface area contributed by atoms with Crippen molar-refractivity contribution >= 4 is 61.5 Å². The fraction of sp³-hybridized carbons (Fsp3) is 0.0769. The Hall–Kier alpha value is -0.540. The van der Waals surface area contributed by atoms with E-state index >= 15 is 0 Å². The number of hydrogen-bond acceptors (Lipinski definition) is 3. The van der Waals surface area contributed by atoms with E-state index < -0.39 is 10.0 Å². The van der Waals surface area contributed by atoms with Crippen LogP contribution < -0.4 is 10.5 Å². The highest BCUT2D eigenvalue weighted by Gasteiger charge is 2.21. The molecule has 0 saturated carbocycles. The number of anilines is 1. The monoisotopic (exact) mass is 456 g/mol. The van der Waals surface area contributed by atoms with Crippen molar-refractivity contribution in [3.8, 4) is 0 Å². The van der Waals surface area contributed by atoms with Crippen molar-refractivity contribution in [1.29, 1.82) is 0 Å². The second-order valence-electron chi connectivity index (χ2n) is 4.16. The van der Waals surface area contributed by atoms with E-state index in [0.29, 0.717) is 16.3 Å². The fourth-order valence-electron chi connectivity index (χ4n) is 1.73. The zero-order valence-corrected chi connectivity index (χ0v) is 15.1. The summed E-state index contributed by atoms with van der Waals surface area (Å²) in [7, 11) is -3.81. The predicted octanol–water partition coefficient (Wildman–Crippen LogP) is 3.86. The Morgan fingerprint density at radius 3 is 2.52 bits per heavy atom. The van der Waals surface area contributed by atoms with Crippen LogP contribution in [-0.2, 0) is 16.6 Å². The molecule has 0 heterocycles. The molecule has 112 valence electrons. The molecule has 2 aromatic carbocycles. The normalized spacial score (nSPS) is 11.4. The highest BCUT2D eigenvalue weighted by molar-refractivity contribution is 14.1. The van der Waals surface area contributed by atoms with E-state index in [1.807, 2.05) is 6.07 Å². The quantitative estimate of drug-likeness (QED) is 0.686. The topological polar surface area (TPSA) is 72.2 Å². The van der Waals surface area contributed by atoms with Gasteiger partial charge in [0.25, 0.3) is 10.0 Å². The molecule has 3 N–H and O–H groups in total. The summed E-state index contributed by atoms with van der Waals surface area (Å²) < 4.78 is 28.3. The molecule has 0 bridgehead atoms. The third-order valence-electron chi connectivity index (χ3n) is 2.72. The van der Waals surface area contributed by atoms with Gasteiger partial charge < -0.3 is 5.73 Å². The zero-order valence-electron chi connectivity index (χ0n) is 10.6. The molecule has 0 unspecified atom stereocenters. The smallest absolute Gasteiger partial charge is 0.263 e. The number of benzene rings is 2. The average molecular weight is 457 g/mol. The first kappa shape index (κ1) is 16.8. The molecule has 0 aliphatic heterocycles. The average Bonchev–Trinajstić information content (AvgIpc) is 2.38. The number of nitrogens with two attached hydrogens (primary N) is 1. The maximum absolute atomic E-state index is 12.4. The zero-order chi connectivity index (χ0) is 15.6. The molecular weight excluding hydrogens is 446 g/mol. The maximum Gasteiger partial charge on any atom is 0.263 e. The fourth-order valence-corrected chi connectivity index (χ4v) is 4.26. The van der Waals surface area contributed by atoms with E-state index in [9.17, 15) is 8.42 Å². The van der Waals surface area contributed by atoms with Crippen LogP contribution in [0.1, 0.15) is 5.56 Å². The van der Waals surface area contributed by atoms with Crippen LogP contribution in [0, 0.1) is 3.57 Å². The predicted molar refractivity (Wildman–Crippen MR) is 94.3 cm³/mol. The Balaban J connectivity index is 2.45. The van der Waals surface area contributed by atoms with Gasteiger partial charge in [0.1, 0.15) is 4.90 Å². The molecule has 8 heteroatoms. The van der Waals surface area contributed by atoms with Crippen molar-refractivity contribution in [2.75, 3.05) is 4.72 Å². The lowest BCUT2D eigenvalue weighted by Crippen LogP contribution is -2.14. The first-order valence-electron chi connectivity index (χ1n) is 5.80. The second-order valence-corrected chi connectivity index (χ2v) is 7.84. The summed E-state index contributed by atoms with van der Waals surface area (Å²) in [5.41, 5.74) is 6.42. The van der Waals surface area contributed by atoms with Gasteiger partial charge in [-0.1, -0.05) is 29.3 Å². The highest BCUT2D eigenvalue weighted by atomic mass is 127. The summed E-state index contributed by atoms with van der Waals surface area (Å²) in [6.07, 6.45) is 0. The van der Waals surface area contributed by atoms with Gasteiger partial charge >= 0.3 is 0 Å². The van der Waals surface area contributed by atoms with Gasteiger partial charge in [-0.15, -0.1) is 0 Å². The Kier molecular flexibility index (Phi) is 5.37. The van der Waals surface area contributed by atoms with Gasteiger partial charge in [0, 0.05) is 26.4 Å². The molecular formula is C13H11Cl2IN2O2S. The molecule has 0 aromatic heterocycles. The molecule has 0 aliphatic carbocycles. The van der Waals surface area contributed by atoms with E-state index in [1.54, 1.807) is 18.2 Å². The number of rotatable bonds is 4. The van der Waals surface area contributed by atoms with Gasteiger partial charge in [0.2, 0.25) is 0 Å². The molecule has 4 nitrogen and oxygen atoms in total. The van der Waals surface area contributed by atoms with Crippen molar-refractivity contribution in [3.05, 3.63) is 55.6 Å². The number of halogens is 3. The van der Waals surface area contributed by atoms with Crippen molar-refractivity contribution in [3.63, 3.8) is 0 Å². The molecule has 21 heavy (non-hydrogen) atoms. The molecule has 0 radical (unpaired) electrons. The summed E-state index contributed by atoms with van der Waals surface area (Å²) >= 11 is 14.2.